The lowest BCUT2D eigenvalue weighted by Crippen LogP contribution is -2.49. The summed E-state index contributed by atoms with van der Waals surface area (Å²) in [4.78, 5) is 18.8. The van der Waals surface area contributed by atoms with Gasteiger partial charge in [-0.05, 0) is 33.6 Å². The van der Waals surface area contributed by atoms with Crippen molar-refractivity contribution in [2.45, 2.75) is 33.6 Å². The van der Waals surface area contributed by atoms with Crippen LogP contribution in [0.4, 0.5) is 0 Å². The zero-order chi connectivity index (χ0) is 16.2. The highest BCUT2D eigenvalue weighted by molar-refractivity contribution is 14.0. The minimum Gasteiger partial charge on any atom is -0.381 e. The van der Waals surface area contributed by atoms with Gasteiger partial charge in [-0.2, -0.15) is 0 Å². The molecule has 2 saturated heterocycles. The Hall–Kier alpha value is -0.570. The Labute approximate surface area is 156 Å². The molecular weight excluding hydrogens is 407 g/mol. The van der Waals surface area contributed by atoms with Gasteiger partial charge < -0.3 is 20.3 Å². The Balaban J connectivity index is 0.00000264. The molecule has 23 heavy (non-hydrogen) atoms. The number of ether oxygens (including phenoxy) is 1. The van der Waals surface area contributed by atoms with Crippen molar-refractivity contribution in [3.8, 4) is 0 Å². The Bertz CT molecular complexity index is 434. The molecule has 0 aromatic rings. The number of carbonyl (C=O) groups is 1. The van der Waals surface area contributed by atoms with Crippen LogP contribution in [0.5, 0.6) is 0 Å². The Morgan fingerprint density at radius 3 is 2.65 bits per heavy atom. The van der Waals surface area contributed by atoms with Gasteiger partial charge in [0.1, 0.15) is 0 Å². The minimum absolute atomic E-state index is 0. The smallest absolute Gasteiger partial charge is 0.227 e. The highest BCUT2D eigenvalue weighted by Crippen LogP contribution is 2.38. The summed E-state index contributed by atoms with van der Waals surface area (Å²) in [6.07, 6.45) is 2.30. The van der Waals surface area contributed by atoms with Gasteiger partial charge in [0.2, 0.25) is 5.91 Å². The highest BCUT2D eigenvalue weighted by Gasteiger charge is 2.42. The molecule has 1 atom stereocenters. The quantitative estimate of drug-likeness (QED) is 0.396. The fraction of sp³-hybridized carbons (Fsp3) is 0.875. The molecule has 2 aliphatic rings. The Kier molecular flexibility index (Phi) is 7.57. The number of hydrogen-bond acceptors (Lipinski definition) is 3. The average Bonchev–Trinajstić information content (AvgIpc) is 3.11. The molecule has 1 amide bonds. The van der Waals surface area contributed by atoms with Gasteiger partial charge in [0, 0.05) is 45.2 Å². The van der Waals surface area contributed by atoms with E-state index in [0.717, 1.165) is 45.1 Å². The van der Waals surface area contributed by atoms with Gasteiger partial charge in [-0.3, -0.25) is 9.79 Å². The fourth-order valence-corrected chi connectivity index (χ4v) is 3.20. The number of amides is 1. The van der Waals surface area contributed by atoms with Crippen LogP contribution >= 0.6 is 24.0 Å². The van der Waals surface area contributed by atoms with Crippen LogP contribution in [0.1, 0.15) is 33.6 Å². The van der Waals surface area contributed by atoms with Crippen LogP contribution in [0.2, 0.25) is 0 Å². The average molecular weight is 438 g/mol. The fourth-order valence-electron chi connectivity index (χ4n) is 3.20. The number of carbonyl (C=O) groups excluding carboxylic acids is 1. The second-order valence-electron chi connectivity index (χ2n) is 7.12. The molecule has 2 aliphatic heterocycles. The molecule has 1 spiro atoms. The maximum Gasteiger partial charge on any atom is 0.227 e. The van der Waals surface area contributed by atoms with E-state index >= 15 is 0 Å². The first-order chi connectivity index (χ1) is 10.4. The molecule has 1 unspecified atom stereocenters. The summed E-state index contributed by atoms with van der Waals surface area (Å²) in [6.45, 7) is 10.8. The standard InChI is InChI=1S/C16H30N4O2.HI/c1-5-18-13(21)15(2,3)10-19-14(17-4)20-8-6-16(11-20)7-9-22-12-16;/h5-12H2,1-4H3,(H,17,19)(H,18,21);1H. The second kappa shape index (κ2) is 8.50. The molecular formula is C16H31IN4O2. The third-order valence-electron chi connectivity index (χ3n) is 4.78. The van der Waals surface area contributed by atoms with E-state index in [9.17, 15) is 4.79 Å². The molecule has 134 valence electrons. The van der Waals surface area contributed by atoms with Gasteiger partial charge in [-0.25, -0.2) is 0 Å². The van der Waals surface area contributed by atoms with Gasteiger partial charge in [-0.1, -0.05) is 0 Å². The van der Waals surface area contributed by atoms with E-state index in [4.69, 9.17) is 4.74 Å². The Morgan fingerprint density at radius 1 is 1.35 bits per heavy atom. The van der Waals surface area contributed by atoms with Crippen LogP contribution in [0.3, 0.4) is 0 Å². The first kappa shape index (κ1) is 20.5. The van der Waals surface area contributed by atoms with Crippen molar-refractivity contribution in [2.75, 3.05) is 46.4 Å². The summed E-state index contributed by atoms with van der Waals surface area (Å²) < 4.78 is 5.58. The van der Waals surface area contributed by atoms with Crippen molar-refractivity contribution in [1.82, 2.24) is 15.5 Å². The maximum atomic E-state index is 12.1. The van der Waals surface area contributed by atoms with Crippen molar-refractivity contribution in [3.63, 3.8) is 0 Å². The summed E-state index contributed by atoms with van der Waals surface area (Å²) in [5.74, 6) is 0.959. The molecule has 7 heteroatoms. The SMILES string of the molecule is CCNC(=O)C(C)(C)CNC(=NC)N1CCC2(CCOC2)C1.I. The molecule has 0 bridgehead atoms. The van der Waals surface area contributed by atoms with E-state index in [1.54, 1.807) is 7.05 Å². The summed E-state index contributed by atoms with van der Waals surface area (Å²) in [5.41, 5.74) is -0.146. The number of halogens is 1. The summed E-state index contributed by atoms with van der Waals surface area (Å²) in [6, 6.07) is 0. The van der Waals surface area contributed by atoms with Crippen LogP contribution in [-0.4, -0.2) is 63.2 Å². The van der Waals surface area contributed by atoms with Crippen molar-refractivity contribution >= 4 is 35.8 Å². The number of nitrogens with zero attached hydrogens (tertiary/aromatic N) is 2. The van der Waals surface area contributed by atoms with E-state index in [2.05, 4.69) is 20.5 Å². The number of nitrogens with one attached hydrogen (secondary N) is 2. The molecule has 0 aromatic carbocycles. The van der Waals surface area contributed by atoms with Gasteiger partial charge in [0.25, 0.3) is 0 Å². The Morgan fingerprint density at radius 2 is 2.09 bits per heavy atom. The lowest BCUT2D eigenvalue weighted by molar-refractivity contribution is -0.128. The molecule has 2 rings (SSSR count). The minimum atomic E-state index is -0.459. The predicted molar refractivity (Wildman–Crippen MR) is 103 cm³/mol. The van der Waals surface area contributed by atoms with Crippen molar-refractivity contribution in [2.24, 2.45) is 15.8 Å². The topological polar surface area (TPSA) is 66.0 Å². The monoisotopic (exact) mass is 438 g/mol. The first-order valence-electron chi connectivity index (χ1n) is 8.24. The predicted octanol–water partition coefficient (Wildman–Crippen LogP) is 1.45. The molecule has 0 aromatic heterocycles. The number of hydrogen-bond donors (Lipinski definition) is 2. The van der Waals surface area contributed by atoms with Gasteiger partial charge >= 0.3 is 0 Å². The van der Waals surface area contributed by atoms with E-state index in [1.807, 2.05) is 20.8 Å². The molecule has 6 nitrogen and oxygen atoms in total. The summed E-state index contributed by atoms with van der Waals surface area (Å²) >= 11 is 0. The molecule has 2 N–H and O–H groups in total. The number of aliphatic imine (C=N–C) groups is 1. The first-order valence-corrected chi connectivity index (χ1v) is 8.24. The molecule has 0 radical (unpaired) electrons. The van der Waals surface area contributed by atoms with Gasteiger partial charge in [0.15, 0.2) is 5.96 Å². The zero-order valence-electron chi connectivity index (χ0n) is 14.8. The normalized spacial score (nSPS) is 24.7. The van der Waals surface area contributed by atoms with Crippen molar-refractivity contribution in [3.05, 3.63) is 0 Å². The number of rotatable bonds is 4. The lowest BCUT2D eigenvalue weighted by atomic mass is 9.87. The van der Waals surface area contributed by atoms with Crippen LogP contribution in [-0.2, 0) is 9.53 Å². The van der Waals surface area contributed by atoms with Crippen molar-refractivity contribution in [1.29, 1.82) is 0 Å². The summed E-state index contributed by atoms with van der Waals surface area (Å²) in [7, 11) is 1.80. The highest BCUT2D eigenvalue weighted by atomic mass is 127. The van der Waals surface area contributed by atoms with E-state index in [-0.39, 0.29) is 29.9 Å². The molecule has 0 saturated carbocycles. The van der Waals surface area contributed by atoms with E-state index in [0.29, 0.717) is 18.5 Å². The van der Waals surface area contributed by atoms with Gasteiger partial charge in [-0.15, -0.1) is 24.0 Å². The zero-order valence-corrected chi connectivity index (χ0v) is 17.1. The molecule has 2 fully saturated rings. The maximum absolute atomic E-state index is 12.1. The largest absolute Gasteiger partial charge is 0.381 e. The third-order valence-corrected chi connectivity index (χ3v) is 4.78. The third kappa shape index (κ3) is 4.95. The number of guanidine groups is 1. The number of likely N-dealkylation sites (tertiary alicyclic amines) is 1. The van der Waals surface area contributed by atoms with Crippen molar-refractivity contribution < 1.29 is 9.53 Å². The van der Waals surface area contributed by atoms with Gasteiger partial charge in [0.05, 0.1) is 12.0 Å². The second-order valence-corrected chi connectivity index (χ2v) is 7.12. The van der Waals surface area contributed by atoms with Crippen LogP contribution in [0, 0.1) is 10.8 Å². The van der Waals surface area contributed by atoms with Crippen LogP contribution in [0.25, 0.3) is 0 Å². The van der Waals surface area contributed by atoms with E-state index in [1.165, 1.54) is 0 Å². The van der Waals surface area contributed by atoms with E-state index < -0.39 is 5.41 Å². The molecule has 0 aliphatic carbocycles. The lowest BCUT2D eigenvalue weighted by Gasteiger charge is -2.29. The summed E-state index contributed by atoms with van der Waals surface area (Å²) in [5, 5.41) is 6.26. The molecule has 2 heterocycles. The van der Waals surface area contributed by atoms with Crippen LogP contribution in [0.15, 0.2) is 4.99 Å². The van der Waals surface area contributed by atoms with Crippen LogP contribution < -0.4 is 10.6 Å².